The van der Waals surface area contributed by atoms with Crippen molar-refractivity contribution in [1.29, 1.82) is 0 Å². The monoisotopic (exact) mass is 684 g/mol. The second-order valence-electron chi connectivity index (χ2n) is 17.5. The van der Waals surface area contributed by atoms with Crippen molar-refractivity contribution in [2.75, 3.05) is 11.5 Å². The maximum absolute atomic E-state index is 10.3. The van der Waals surface area contributed by atoms with Gasteiger partial charge < -0.3 is 35.9 Å². The van der Waals surface area contributed by atoms with Crippen LogP contribution in [0.25, 0.3) is 0 Å². The smallest absolute Gasteiger partial charge is 0.142 e. The molecule has 0 aromatic heterocycles. The van der Waals surface area contributed by atoms with E-state index in [0.29, 0.717) is 22.9 Å². The predicted molar refractivity (Wildman–Crippen MR) is 198 cm³/mol. The second-order valence-corrected chi connectivity index (χ2v) is 17.5. The van der Waals surface area contributed by atoms with Gasteiger partial charge in [0.05, 0.1) is 11.4 Å². The van der Waals surface area contributed by atoms with Gasteiger partial charge in [-0.3, -0.25) is 0 Å². The van der Waals surface area contributed by atoms with Crippen LogP contribution in [0.3, 0.4) is 0 Å². The Bertz CT molecular complexity index is 1810. The van der Waals surface area contributed by atoms with E-state index in [0.717, 1.165) is 58.5 Å². The number of ether oxygens (including phenoxy) is 3. The Kier molecular flexibility index (Phi) is 7.04. The highest BCUT2D eigenvalue weighted by atomic mass is 16.5. The van der Waals surface area contributed by atoms with Crippen LogP contribution in [0.5, 0.6) is 46.0 Å². The van der Waals surface area contributed by atoms with Crippen molar-refractivity contribution in [3.63, 3.8) is 0 Å². The van der Waals surface area contributed by atoms with Gasteiger partial charge in [-0.15, -0.1) is 0 Å². The van der Waals surface area contributed by atoms with Crippen LogP contribution in [0, 0.1) is 35.5 Å². The minimum absolute atomic E-state index is 0.0271. The molecule has 0 unspecified atom stereocenters. The standard InChI is InChI=1S/C44H48N2O5/c45-37-5-1-33(17-39(37)47)50-41-7-3-31(15-35(41)43-19-25-9-26(20-43)11-27(10-25)21-43)49-32-4-8-42(51-34-2-6-38(46)40(48)18-34)36(16-32)44-22-28-12-29(23-44)14-30(13-28)24-44/h1-8,15-18,25-30,47-48H,9-14,19-24,45-46H2. The number of anilines is 2. The van der Waals surface area contributed by atoms with Crippen molar-refractivity contribution >= 4 is 11.4 Å². The Hall–Kier alpha value is -4.52. The number of nitrogens with two attached hydrogens (primary N) is 2. The average molecular weight is 685 g/mol. The van der Waals surface area contributed by atoms with Crippen LogP contribution in [0.2, 0.25) is 0 Å². The zero-order valence-corrected chi connectivity index (χ0v) is 29.2. The summed E-state index contributed by atoms with van der Waals surface area (Å²) >= 11 is 0. The molecule has 0 saturated heterocycles. The topological polar surface area (TPSA) is 120 Å². The zero-order chi connectivity index (χ0) is 34.5. The minimum Gasteiger partial charge on any atom is -0.506 e. The lowest BCUT2D eigenvalue weighted by atomic mass is 9.48. The summed E-state index contributed by atoms with van der Waals surface area (Å²) in [5.74, 6) is 9.11. The number of nitrogen functional groups attached to an aromatic ring is 2. The van der Waals surface area contributed by atoms with Crippen LogP contribution in [-0.4, -0.2) is 10.2 Å². The van der Waals surface area contributed by atoms with Crippen LogP contribution in [0.4, 0.5) is 11.4 Å². The van der Waals surface area contributed by atoms with Crippen molar-refractivity contribution in [2.24, 2.45) is 35.5 Å². The maximum Gasteiger partial charge on any atom is 0.142 e. The molecule has 4 aromatic rings. The van der Waals surface area contributed by atoms with E-state index in [4.69, 9.17) is 25.7 Å². The Labute approximate surface area is 299 Å². The molecule has 264 valence electrons. The molecule has 8 bridgehead atoms. The van der Waals surface area contributed by atoms with E-state index in [1.54, 1.807) is 24.3 Å². The van der Waals surface area contributed by atoms with Gasteiger partial charge in [-0.1, -0.05) is 0 Å². The highest BCUT2D eigenvalue weighted by Crippen LogP contribution is 2.64. The fourth-order valence-corrected chi connectivity index (χ4v) is 12.6. The SMILES string of the molecule is Nc1ccc(Oc2ccc(Oc3ccc(Oc4ccc(N)c(O)c4)c(C45CC6CC(CC(C6)C4)C5)c3)cc2C23CC4CC(CC(C4)C2)C3)cc1O. The summed E-state index contributed by atoms with van der Waals surface area (Å²) < 4.78 is 20.0. The fourth-order valence-electron chi connectivity index (χ4n) is 12.6. The van der Waals surface area contributed by atoms with E-state index in [9.17, 15) is 10.2 Å². The van der Waals surface area contributed by atoms with E-state index in [1.165, 1.54) is 88.2 Å². The lowest BCUT2D eigenvalue weighted by Gasteiger charge is -2.57. The van der Waals surface area contributed by atoms with Gasteiger partial charge >= 0.3 is 0 Å². The van der Waals surface area contributed by atoms with Crippen LogP contribution < -0.4 is 25.7 Å². The Morgan fingerprint density at radius 3 is 1.08 bits per heavy atom. The Morgan fingerprint density at radius 1 is 0.431 bits per heavy atom. The van der Waals surface area contributed by atoms with Crippen LogP contribution in [-0.2, 0) is 10.8 Å². The van der Waals surface area contributed by atoms with E-state index in [1.807, 2.05) is 24.3 Å². The van der Waals surface area contributed by atoms with Gasteiger partial charge in [-0.05, 0) is 184 Å². The minimum atomic E-state index is 0.0271. The Morgan fingerprint density at radius 2 is 0.745 bits per heavy atom. The molecule has 8 aliphatic carbocycles. The molecule has 0 atom stereocenters. The highest BCUT2D eigenvalue weighted by molar-refractivity contribution is 5.58. The average Bonchev–Trinajstić information content (AvgIpc) is 3.08. The maximum atomic E-state index is 10.3. The predicted octanol–water partition coefficient (Wildman–Crippen LogP) is 10.6. The lowest BCUT2D eigenvalue weighted by molar-refractivity contribution is -0.00609. The van der Waals surface area contributed by atoms with Gasteiger partial charge in [0.25, 0.3) is 0 Å². The molecular formula is C44H48N2O5. The number of hydrogen-bond donors (Lipinski definition) is 4. The number of phenolic OH excluding ortho intramolecular Hbond substituents is 2. The number of hydrogen-bond acceptors (Lipinski definition) is 7. The first-order valence-corrected chi connectivity index (χ1v) is 19.2. The molecule has 6 N–H and O–H groups in total. The third-order valence-electron chi connectivity index (χ3n) is 13.8. The zero-order valence-electron chi connectivity index (χ0n) is 29.2. The lowest BCUT2D eigenvalue weighted by Crippen LogP contribution is -2.48. The molecule has 12 rings (SSSR count). The van der Waals surface area contributed by atoms with Crippen LogP contribution >= 0.6 is 0 Å². The molecule has 0 heterocycles. The van der Waals surface area contributed by atoms with E-state index in [-0.39, 0.29) is 22.3 Å². The normalized spacial score (nSPS) is 32.6. The number of aromatic hydroxyl groups is 2. The summed E-state index contributed by atoms with van der Waals surface area (Å²) in [6.45, 7) is 0. The van der Waals surface area contributed by atoms with Crippen LogP contribution in [0.15, 0.2) is 72.8 Å². The summed E-state index contributed by atoms with van der Waals surface area (Å²) in [5.41, 5.74) is 15.1. The molecule has 0 radical (unpaired) electrons. The van der Waals surface area contributed by atoms with Gasteiger partial charge in [0.2, 0.25) is 0 Å². The third-order valence-corrected chi connectivity index (χ3v) is 13.8. The third kappa shape index (κ3) is 5.46. The summed E-state index contributed by atoms with van der Waals surface area (Å²) in [4.78, 5) is 0. The van der Waals surface area contributed by atoms with Crippen molar-refractivity contribution in [3.05, 3.63) is 83.9 Å². The molecule has 7 nitrogen and oxygen atoms in total. The molecule has 4 aromatic carbocycles. The molecule has 0 spiro atoms. The second kappa shape index (κ2) is 11.5. The van der Waals surface area contributed by atoms with Crippen molar-refractivity contribution in [2.45, 2.75) is 87.9 Å². The number of rotatable bonds is 8. The Balaban J connectivity index is 1.02. The number of benzene rings is 4. The van der Waals surface area contributed by atoms with Gasteiger partial charge in [0, 0.05) is 23.3 Å². The van der Waals surface area contributed by atoms with Crippen molar-refractivity contribution in [1.82, 2.24) is 0 Å². The first-order chi connectivity index (χ1) is 24.7. The summed E-state index contributed by atoms with van der Waals surface area (Å²) in [7, 11) is 0. The van der Waals surface area contributed by atoms with Gasteiger partial charge in [0.15, 0.2) is 0 Å². The van der Waals surface area contributed by atoms with Gasteiger partial charge in [-0.2, -0.15) is 0 Å². The fraction of sp³-hybridized carbons (Fsp3) is 0.455. The molecular weight excluding hydrogens is 636 g/mol. The molecule has 8 fully saturated rings. The molecule has 0 aliphatic heterocycles. The quantitative estimate of drug-likeness (QED) is 0.108. The molecule has 8 saturated carbocycles. The first-order valence-electron chi connectivity index (χ1n) is 19.2. The van der Waals surface area contributed by atoms with Crippen molar-refractivity contribution < 1.29 is 24.4 Å². The molecule has 0 amide bonds. The van der Waals surface area contributed by atoms with E-state index in [2.05, 4.69) is 24.3 Å². The van der Waals surface area contributed by atoms with Crippen LogP contribution in [0.1, 0.15) is 88.2 Å². The molecule has 8 aliphatic rings. The van der Waals surface area contributed by atoms with Gasteiger partial charge in [0.1, 0.15) is 46.0 Å². The molecule has 51 heavy (non-hydrogen) atoms. The van der Waals surface area contributed by atoms with Crippen molar-refractivity contribution in [3.8, 4) is 46.0 Å². The van der Waals surface area contributed by atoms with E-state index >= 15 is 0 Å². The van der Waals surface area contributed by atoms with Gasteiger partial charge in [-0.25, -0.2) is 0 Å². The summed E-state index contributed by atoms with van der Waals surface area (Å²) in [6.07, 6.45) is 15.3. The largest absolute Gasteiger partial charge is 0.506 e. The molecule has 7 heteroatoms. The summed E-state index contributed by atoms with van der Waals surface area (Å²) in [6, 6.07) is 22.9. The first kappa shape index (κ1) is 31.2. The number of phenols is 2. The highest BCUT2D eigenvalue weighted by Gasteiger charge is 2.54. The summed E-state index contributed by atoms with van der Waals surface area (Å²) in [5, 5.41) is 20.7. The van der Waals surface area contributed by atoms with E-state index < -0.39 is 0 Å².